The highest BCUT2D eigenvalue weighted by atomic mass is 35.5. The number of carbonyl (C=O) groups excluding carboxylic acids is 2. The average Bonchev–Trinajstić information content (AvgIpc) is 3.01. The first-order valence-electron chi connectivity index (χ1n) is 8.89. The molecule has 144 valence electrons. The monoisotopic (exact) mass is 415 g/mol. The van der Waals surface area contributed by atoms with Crippen molar-refractivity contribution in [2.45, 2.75) is 25.9 Å². The highest BCUT2D eigenvalue weighted by molar-refractivity contribution is 7.21. The number of pyridine rings is 1. The second-order valence-electron chi connectivity index (χ2n) is 7.82. The Labute approximate surface area is 171 Å². The summed E-state index contributed by atoms with van der Waals surface area (Å²) in [5.41, 5.74) is -1.48. The van der Waals surface area contributed by atoms with Crippen LogP contribution in [0.2, 0.25) is 5.02 Å². The molecule has 1 saturated heterocycles. The third kappa shape index (κ3) is 3.02. The molecule has 1 atom stereocenters. The number of ether oxygens (including phenoxy) is 1. The summed E-state index contributed by atoms with van der Waals surface area (Å²) in [6, 6.07) is 3.78. The number of morpholine rings is 1. The summed E-state index contributed by atoms with van der Waals surface area (Å²) in [4.78, 5) is 31.9. The fourth-order valence-corrected chi connectivity index (χ4v) is 5.48. The van der Waals surface area contributed by atoms with E-state index in [1.807, 2.05) is 6.07 Å². The molecule has 0 aromatic carbocycles. The number of hydrogen-bond donors (Lipinski definition) is 0. The summed E-state index contributed by atoms with van der Waals surface area (Å²) in [6.07, 6.45) is 5.35. The molecule has 28 heavy (non-hydrogen) atoms. The van der Waals surface area contributed by atoms with Crippen molar-refractivity contribution in [3.63, 3.8) is 0 Å². The normalized spacial score (nSPS) is 24.3. The molecule has 2 aliphatic rings. The van der Waals surface area contributed by atoms with E-state index in [0.717, 1.165) is 10.1 Å². The SMILES string of the molecule is CC1(C)CC2(C=C(C#N)C1=O)CN(C(=O)c1sc3cnccc3c1Cl)CCO2. The van der Waals surface area contributed by atoms with Gasteiger partial charge in [-0.2, -0.15) is 5.26 Å². The zero-order valence-corrected chi connectivity index (χ0v) is 17.1. The van der Waals surface area contributed by atoms with E-state index in [4.69, 9.17) is 16.3 Å². The third-order valence-electron chi connectivity index (χ3n) is 5.25. The highest BCUT2D eigenvalue weighted by Gasteiger charge is 2.48. The van der Waals surface area contributed by atoms with E-state index in [1.165, 1.54) is 11.3 Å². The smallest absolute Gasteiger partial charge is 0.265 e. The van der Waals surface area contributed by atoms with Crippen molar-refractivity contribution in [2.75, 3.05) is 19.7 Å². The quantitative estimate of drug-likeness (QED) is 0.710. The summed E-state index contributed by atoms with van der Waals surface area (Å²) in [7, 11) is 0. The van der Waals surface area contributed by atoms with Gasteiger partial charge in [0.05, 0.1) is 28.4 Å². The standard InChI is InChI=1S/C20H18ClN3O3S/c1-19(2)10-20(7-12(8-22)17(19)25)11-24(5-6-27-20)18(26)16-15(21)13-3-4-23-9-14(13)28-16/h3-4,7,9H,5-6,10-11H2,1-2H3. The van der Waals surface area contributed by atoms with Crippen LogP contribution >= 0.6 is 22.9 Å². The van der Waals surface area contributed by atoms with Gasteiger partial charge in [-0.1, -0.05) is 25.4 Å². The van der Waals surface area contributed by atoms with Crippen LogP contribution in [0.5, 0.6) is 0 Å². The van der Waals surface area contributed by atoms with Crippen molar-refractivity contribution in [3.05, 3.63) is 40.0 Å². The zero-order valence-electron chi connectivity index (χ0n) is 15.5. The largest absolute Gasteiger partial charge is 0.367 e. The van der Waals surface area contributed by atoms with Crippen LogP contribution in [-0.4, -0.2) is 46.9 Å². The number of fused-ring (bicyclic) bond motifs is 1. The molecule has 0 bridgehead atoms. The van der Waals surface area contributed by atoms with Gasteiger partial charge >= 0.3 is 0 Å². The minimum atomic E-state index is -0.846. The Bertz CT molecular complexity index is 1070. The van der Waals surface area contributed by atoms with Gasteiger partial charge in [-0.3, -0.25) is 14.6 Å². The maximum absolute atomic E-state index is 13.2. The first-order valence-corrected chi connectivity index (χ1v) is 10.1. The van der Waals surface area contributed by atoms with Crippen LogP contribution in [0.25, 0.3) is 10.1 Å². The lowest BCUT2D eigenvalue weighted by molar-refractivity contribution is -0.134. The van der Waals surface area contributed by atoms with Crippen molar-refractivity contribution in [1.29, 1.82) is 5.26 Å². The van der Waals surface area contributed by atoms with Crippen molar-refractivity contribution in [1.82, 2.24) is 9.88 Å². The van der Waals surface area contributed by atoms with Gasteiger partial charge in [0.2, 0.25) is 0 Å². The summed E-state index contributed by atoms with van der Waals surface area (Å²) in [6.45, 7) is 4.64. The third-order valence-corrected chi connectivity index (χ3v) is 6.88. The second-order valence-corrected chi connectivity index (χ2v) is 9.25. The van der Waals surface area contributed by atoms with Crippen LogP contribution in [0.15, 0.2) is 30.1 Å². The number of ketones is 1. The average molecular weight is 416 g/mol. The van der Waals surface area contributed by atoms with Gasteiger partial charge in [-0.15, -0.1) is 11.3 Å². The molecule has 2 aromatic rings. The number of nitrogens with zero attached hydrogens (tertiary/aromatic N) is 3. The lowest BCUT2D eigenvalue weighted by atomic mass is 9.69. The number of nitriles is 1. The lowest BCUT2D eigenvalue weighted by Crippen LogP contribution is -2.56. The number of allylic oxidation sites excluding steroid dienone is 1. The molecule has 3 heterocycles. The molecular formula is C20H18ClN3O3S. The molecular weight excluding hydrogens is 398 g/mol. The maximum Gasteiger partial charge on any atom is 0.265 e. The van der Waals surface area contributed by atoms with E-state index in [-0.39, 0.29) is 23.8 Å². The first-order chi connectivity index (χ1) is 13.3. The minimum absolute atomic E-state index is 0.0940. The highest BCUT2D eigenvalue weighted by Crippen LogP contribution is 2.42. The predicted molar refractivity (Wildman–Crippen MR) is 106 cm³/mol. The molecule has 1 spiro atoms. The number of amides is 1. The second kappa shape index (κ2) is 6.66. The summed E-state index contributed by atoms with van der Waals surface area (Å²) in [5.74, 6) is -0.358. The molecule has 1 amide bonds. The van der Waals surface area contributed by atoms with Crippen LogP contribution < -0.4 is 0 Å². The van der Waals surface area contributed by atoms with E-state index in [0.29, 0.717) is 29.5 Å². The molecule has 1 unspecified atom stereocenters. The van der Waals surface area contributed by atoms with E-state index < -0.39 is 11.0 Å². The number of hydrogen-bond acceptors (Lipinski definition) is 6. The molecule has 2 aromatic heterocycles. The van der Waals surface area contributed by atoms with Crippen LogP contribution in [0.3, 0.4) is 0 Å². The molecule has 0 saturated carbocycles. The van der Waals surface area contributed by atoms with Gasteiger partial charge < -0.3 is 9.64 Å². The fourth-order valence-electron chi connectivity index (χ4n) is 4.03. The van der Waals surface area contributed by atoms with Crippen molar-refractivity contribution in [2.24, 2.45) is 5.41 Å². The van der Waals surface area contributed by atoms with E-state index in [9.17, 15) is 14.9 Å². The van der Waals surface area contributed by atoms with Crippen molar-refractivity contribution < 1.29 is 14.3 Å². The zero-order chi connectivity index (χ0) is 20.1. The number of halogens is 1. The minimum Gasteiger partial charge on any atom is -0.367 e. The summed E-state index contributed by atoms with van der Waals surface area (Å²) >= 11 is 7.78. The fraction of sp³-hybridized carbons (Fsp3) is 0.400. The first kappa shape index (κ1) is 19.1. The Morgan fingerprint density at radius 1 is 1.46 bits per heavy atom. The summed E-state index contributed by atoms with van der Waals surface area (Å²) < 4.78 is 6.87. The molecule has 1 aliphatic heterocycles. The number of Topliss-reactive ketones (excluding diaryl/α,β-unsaturated/α-hetero) is 1. The Balaban J connectivity index is 1.68. The molecule has 1 aliphatic carbocycles. The molecule has 0 radical (unpaired) electrons. The number of carbonyl (C=O) groups is 2. The molecule has 4 rings (SSSR count). The van der Waals surface area contributed by atoms with E-state index in [2.05, 4.69) is 4.98 Å². The van der Waals surface area contributed by atoms with Gasteiger partial charge in [-0.05, 0) is 18.6 Å². The van der Waals surface area contributed by atoms with Crippen LogP contribution in [0, 0.1) is 16.7 Å². The Morgan fingerprint density at radius 2 is 2.25 bits per heavy atom. The topological polar surface area (TPSA) is 83.3 Å². The van der Waals surface area contributed by atoms with Gasteiger partial charge in [0.15, 0.2) is 5.78 Å². The van der Waals surface area contributed by atoms with Crippen LogP contribution in [-0.2, 0) is 9.53 Å². The van der Waals surface area contributed by atoms with Gasteiger partial charge in [0, 0.05) is 29.7 Å². The molecule has 6 nitrogen and oxygen atoms in total. The number of thiophene rings is 1. The maximum atomic E-state index is 13.2. The van der Waals surface area contributed by atoms with Gasteiger partial charge in [0.1, 0.15) is 16.5 Å². The van der Waals surface area contributed by atoms with E-state index in [1.54, 1.807) is 43.3 Å². The lowest BCUT2D eigenvalue weighted by Gasteiger charge is -2.46. The van der Waals surface area contributed by atoms with Crippen molar-refractivity contribution in [3.8, 4) is 6.07 Å². The van der Waals surface area contributed by atoms with Gasteiger partial charge in [-0.25, -0.2) is 0 Å². The van der Waals surface area contributed by atoms with Crippen LogP contribution in [0.4, 0.5) is 0 Å². The van der Waals surface area contributed by atoms with Crippen LogP contribution in [0.1, 0.15) is 29.9 Å². The Kier molecular flexibility index (Phi) is 4.53. The number of aromatic nitrogens is 1. The van der Waals surface area contributed by atoms with E-state index >= 15 is 0 Å². The Hall–Kier alpha value is -2.27. The predicted octanol–water partition coefficient (Wildman–Crippen LogP) is 3.61. The number of rotatable bonds is 1. The molecule has 1 fully saturated rings. The summed E-state index contributed by atoms with van der Waals surface area (Å²) in [5, 5.41) is 10.6. The van der Waals surface area contributed by atoms with Crippen molar-refractivity contribution >= 4 is 44.7 Å². The van der Waals surface area contributed by atoms with Gasteiger partial charge in [0.25, 0.3) is 5.91 Å². The molecule has 8 heteroatoms. The molecule has 0 N–H and O–H groups in total. The Morgan fingerprint density at radius 3 is 2.96 bits per heavy atom.